The molecule has 0 saturated carbocycles. The van der Waals surface area contributed by atoms with Crippen LogP contribution in [0.3, 0.4) is 0 Å². The number of nitrogens with one attached hydrogen (secondary N) is 2. The Balaban J connectivity index is 0.00000320. The Morgan fingerprint density at radius 2 is 2.00 bits per heavy atom. The third kappa shape index (κ3) is 6.36. The summed E-state index contributed by atoms with van der Waals surface area (Å²) >= 11 is 5.98. The minimum Gasteiger partial charge on any atom is -0.356 e. The van der Waals surface area contributed by atoms with E-state index >= 15 is 0 Å². The van der Waals surface area contributed by atoms with Crippen molar-refractivity contribution < 1.29 is 13.3 Å². The molecule has 1 unspecified atom stereocenters. The monoisotopic (exact) mass is 547 g/mol. The second kappa shape index (κ2) is 11.2. The van der Waals surface area contributed by atoms with Crippen LogP contribution in [-0.4, -0.2) is 29.7 Å². The highest BCUT2D eigenvalue weighted by atomic mass is 127. The van der Waals surface area contributed by atoms with Gasteiger partial charge in [0.2, 0.25) is 11.7 Å². The molecule has 0 bridgehead atoms. The molecule has 0 spiro atoms. The van der Waals surface area contributed by atoms with Gasteiger partial charge in [-0.2, -0.15) is 4.98 Å². The largest absolute Gasteiger partial charge is 0.356 e. The van der Waals surface area contributed by atoms with Crippen molar-refractivity contribution in [1.29, 1.82) is 0 Å². The number of benzene rings is 2. The van der Waals surface area contributed by atoms with Gasteiger partial charge in [0.25, 0.3) is 0 Å². The summed E-state index contributed by atoms with van der Waals surface area (Å²) in [4.78, 5) is 8.49. The van der Waals surface area contributed by atoms with E-state index in [2.05, 4.69) is 25.8 Å². The van der Waals surface area contributed by atoms with E-state index in [-0.39, 0.29) is 30.0 Å². The van der Waals surface area contributed by atoms with Crippen molar-refractivity contribution >= 4 is 41.5 Å². The molecule has 2 aromatic carbocycles. The summed E-state index contributed by atoms with van der Waals surface area (Å²) in [5.41, 5.74) is 1.38. The van der Waals surface area contributed by atoms with Crippen LogP contribution in [0.2, 0.25) is 5.02 Å². The lowest BCUT2D eigenvalue weighted by molar-refractivity contribution is 0.378. The van der Waals surface area contributed by atoms with E-state index in [1.165, 1.54) is 6.07 Å². The molecule has 0 amide bonds. The van der Waals surface area contributed by atoms with Gasteiger partial charge in [0, 0.05) is 30.6 Å². The van der Waals surface area contributed by atoms with Gasteiger partial charge in [-0.3, -0.25) is 4.99 Å². The average Bonchev–Trinajstić information content (AvgIpc) is 3.18. The number of aromatic nitrogens is 2. The van der Waals surface area contributed by atoms with Crippen LogP contribution in [-0.2, 0) is 6.42 Å². The van der Waals surface area contributed by atoms with Gasteiger partial charge >= 0.3 is 0 Å². The van der Waals surface area contributed by atoms with E-state index in [4.69, 9.17) is 16.1 Å². The maximum absolute atomic E-state index is 13.4. The molecule has 3 rings (SSSR count). The van der Waals surface area contributed by atoms with E-state index in [1.807, 2.05) is 19.1 Å². The van der Waals surface area contributed by atoms with E-state index in [0.717, 1.165) is 17.7 Å². The Labute approximate surface area is 195 Å². The van der Waals surface area contributed by atoms with Gasteiger partial charge in [0.05, 0.1) is 6.04 Å². The lowest BCUT2D eigenvalue weighted by Gasteiger charge is -2.18. The smallest absolute Gasteiger partial charge is 0.228 e. The maximum Gasteiger partial charge on any atom is 0.228 e. The van der Waals surface area contributed by atoms with Crippen molar-refractivity contribution in [2.24, 2.45) is 4.99 Å². The summed E-state index contributed by atoms with van der Waals surface area (Å²) < 4.78 is 31.8. The Morgan fingerprint density at radius 3 is 2.70 bits per heavy atom. The van der Waals surface area contributed by atoms with Gasteiger partial charge < -0.3 is 15.2 Å². The average molecular weight is 548 g/mol. The fourth-order valence-electron chi connectivity index (χ4n) is 2.65. The van der Waals surface area contributed by atoms with Crippen molar-refractivity contribution in [3.05, 3.63) is 70.6 Å². The highest BCUT2D eigenvalue weighted by Crippen LogP contribution is 2.20. The summed E-state index contributed by atoms with van der Waals surface area (Å²) in [6.07, 6.45) is 0.480. The van der Waals surface area contributed by atoms with E-state index < -0.39 is 11.6 Å². The number of guanidine groups is 1. The molecule has 0 aliphatic heterocycles. The van der Waals surface area contributed by atoms with Crippen molar-refractivity contribution in [3.8, 4) is 11.4 Å². The van der Waals surface area contributed by atoms with Crippen molar-refractivity contribution in [1.82, 2.24) is 20.8 Å². The predicted molar refractivity (Wildman–Crippen MR) is 123 cm³/mol. The van der Waals surface area contributed by atoms with Crippen LogP contribution in [0.15, 0.2) is 52.0 Å². The second-order valence-corrected chi connectivity index (χ2v) is 6.75. The van der Waals surface area contributed by atoms with Gasteiger partial charge in [-0.1, -0.05) is 35.0 Å². The minimum absolute atomic E-state index is 0. The summed E-state index contributed by atoms with van der Waals surface area (Å²) in [7, 11) is 1.62. The number of aliphatic imine (C=N–C) groups is 1. The molecule has 6 nitrogen and oxygen atoms in total. The molecule has 2 N–H and O–H groups in total. The van der Waals surface area contributed by atoms with Gasteiger partial charge in [-0.05, 0) is 36.8 Å². The van der Waals surface area contributed by atoms with Gasteiger partial charge in [-0.25, -0.2) is 8.78 Å². The van der Waals surface area contributed by atoms with Gasteiger partial charge in [0.1, 0.15) is 0 Å². The van der Waals surface area contributed by atoms with Crippen molar-refractivity contribution in [3.63, 3.8) is 0 Å². The van der Waals surface area contributed by atoms with Crippen LogP contribution in [0.1, 0.15) is 24.4 Å². The number of hydrogen-bond donors (Lipinski definition) is 2. The third-order valence-electron chi connectivity index (χ3n) is 4.20. The molecule has 0 fully saturated rings. The van der Waals surface area contributed by atoms with Crippen LogP contribution in [0.25, 0.3) is 11.4 Å². The summed E-state index contributed by atoms with van der Waals surface area (Å²) in [6, 6.07) is 10.7. The summed E-state index contributed by atoms with van der Waals surface area (Å²) in [5, 5.41) is 10.8. The molecule has 1 aromatic heterocycles. The molecule has 3 aromatic rings. The SMILES string of the molecule is CN=C(NCCc1nc(-c2cccc(Cl)c2)no1)NC(C)c1ccc(F)c(F)c1.I. The number of halogens is 4. The summed E-state index contributed by atoms with van der Waals surface area (Å²) in [5.74, 6) is -0.309. The minimum atomic E-state index is -0.883. The normalized spacial score (nSPS) is 12.2. The van der Waals surface area contributed by atoms with Crippen LogP contribution in [0.4, 0.5) is 8.78 Å². The van der Waals surface area contributed by atoms with E-state index in [9.17, 15) is 8.78 Å². The quantitative estimate of drug-likeness (QED) is 0.265. The van der Waals surface area contributed by atoms with Crippen molar-refractivity contribution in [2.75, 3.05) is 13.6 Å². The second-order valence-electron chi connectivity index (χ2n) is 6.31. The maximum atomic E-state index is 13.4. The van der Waals surface area contributed by atoms with Crippen LogP contribution >= 0.6 is 35.6 Å². The van der Waals surface area contributed by atoms with Crippen LogP contribution in [0.5, 0.6) is 0 Å². The molecule has 30 heavy (non-hydrogen) atoms. The van der Waals surface area contributed by atoms with Gasteiger partial charge in [0.15, 0.2) is 17.6 Å². The molecule has 10 heteroatoms. The molecule has 1 heterocycles. The van der Waals surface area contributed by atoms with Gasteiger partial charge in [-0.15, -0.1) is 24.0 Å². The Morgan fingerprint density at radius 1 is 1.20 bits per heavy atom. The molecule has 1 atom stereocenters. The Hall–Kier alpha value is -2.27. The number of hydrogen-bond acceptors (Lipinski definition) is 4. The lowest BCUT2D eigenvalue weighted by atomic mass is 10.1. The number of rotatable bonds is 6. The molecule has 0 aliphatic carbocycles. The predicted octanol–water partition coefficient (Wildman–Crippen LogP) is 4.75. The van der Waals surface area contributed by atoms with E-state index in [1.54, 1.807) is 19.2 Å². The van der Waals surface area contributed by atoms with Crippen molar-refractivity contribution in [2.45, 2.75) is 19.4 Å². The highest BCUT2D eigenvalue weighted by molar-refractivity contribution is 14.0. The fourth-order valence-corrected chi connectivity index (χ4v) is 2.84. The zero-order valence-electron chi connectivity index (χ0n) is 16.3. The lowest BCUT2D eigenvalue weighted by Crippen LogP contribution is -2.39. The third-order valence-corrected chi connectivity index (χ3v) is 4.44. The topological polar surface area (TPSA) is 75.3 Å². The first-order chi connectivity index (χ1) is 14.0. The van der Waals surface area contributed by atoms with Crippen LogP contribution in [0, 0.1) is 11.6 Å². The zero-order chi connectivity index (χ0) is 20.8. The molecule has 0 aliphatic rings. The first-order valence-electron chi connectivity index (χ1n) is 8.97. The fraction of sp³-hybridized carbons (Fsp3) is 0.250. The molecular weight excluding hydrogens is 527 g/mol. The first-order valence-corrected chi connectivity index (χ1v) is 9.34. The van der Waals surface area contributed by atoms with E-state index in [0.29, 0.717) is 41.2 Å². The zero-order valence-corrected chi connectivity index (χ0v) is 19.4. The molecule has 160 valence electrons. The molecule has 0 saturated heterocycles. The Bertz CT molecular complexity index is 1010. The standard InChI is InChI=1S/C20H20ClF2N5O.HI/c1-12(13-6-7-16(22)17(23)11-13)26-20(24-2)25-9-8-18-27-19(28-29-18)14-4-3-5-15(21)10-14;/h3-7,10-12H,8-9H2,1-2H3,(H2,24,25,26);1H. The summed E-state index contributed by atoms with van der Waals surface area (Å²) in [6.45, 7) is 2.32. The van der Waals surface area contributed by atoms with Crippen LogP contribution < -0.4 is 10.6 Å². The highest BCUT2D eigenvalue weighted by Gasteiger charge is 2.12. The molecule has 0 radical (unpaired) electrons. The number of nitrogens with zero attached hydrogens (tertiary/aromatic N) is 3. The first kappa shape index (κ1) is 24.0. The Kier molecular flexibility index (Phi) is 8.97. The molecular formula is C20H21ClF2IN5O.